The van der Waals surface area contributed by atoms with Crippen LogP contribution in [0, 0.1) is 6.92 Å². The van der Waals surface area contributed by atoms with E-state index in [1.54, 1.807) is 17.8 Å². The van der Waals surface area contributed by atoms with Crippen LogP contribution in [0.15, 0.2) is 12.3 Å². The SMILES string of the molecule is CCn1cc(Cl)c(CNC(=O)Cn2nc(C(F)F)cc2C)n1. The van der Waals surface area contributed by atoms with Crippen LogP contribution in [0.5, 0.6) is 0 Å². The summed E-state index contributed by atoms with van der Waals surface area (Å²) in [5.41, 5.74) is 0.719. The maximum absolute atomic E-state index is 12.5. The van der Waals surface area contributed by atoms with E-state index < -0.39 is 6.43 Å². The molecule has 120 valence electrons. The van der Waals surface area contributed by atoms with E-state index in [-0.39, 0.29) is 24.7 Å². The first-order valence-electron chi connectivity index (χ1n) is 6.71. The van der Waals surface area contributed by atoms with Gasteiger partial charge in [-0.25, -0.2) is 8.78 Å². The van der Waals surface area contributed by atoms with Crippen molar-refractivity contribution in [3.63, 3.8) is 0 Å². The summed E-state index contributed by atoms with van der Waals surface area (Å²) in [5, 5.41) is 11.0. The van der Waals surface area contributed by atoms with Crippen molar-refractivity contribution in [2.75, 3.05) is 0 Å². The summed E-state index contributed by atoms with van der Waals surface area (Å²) < 4.78 is 28.0. The summed E-state index contributed by atoms with van der Waals surface area (Å²) in [6.45, 7) is 4.26. The van der Waals surface area contributed by atoms with Crippen LogP contribution < -0.4 is 5.32 Å². The first kappa shape index (κ1) is 16.4. The first-order chi connectivity index (χ1) is 10.4. The molecule has 2 aromatic heterocycles. The van der Waals surface area contributed by atoms with Crippen LogP contribution >= 0.6 is 11.6 Å². The summed E-state index contributed by atoms with van der Waals surface area (Å²) in [5.74, 6) is -0.353. The van der Waals surface area contributed by atoms with E-state index in [1.807, 2.05) is 6.92 Å². The third-order valence-corrected chi connectivity index (χ3v) is 3.40. The van der Waals surface area contributed by atoms with E-state index in [9.17, 15) is 13.6 Å². The van der Waals surface area contributed by atoms with E-state index >= 15 is 0 Å². The second-order valence-corrected chi connectivity index (χ2v) is 5.13. The monoisotopic (exact) mass is 331 g/mol. The number of nitrogens with one attached hydrogen (secondary N) is 1. The van der Waals surface area contributed by atoms with Crippen molar-refractivity contribution in [3.8, 4) is 0 Å². The fourth-order valence-corrected chi connectivity index (χ4v) is 2.11. The van der Waals surface area contributed by atoms with Crippen LogP contribution in [0.3, 0.4) is 0 Å². The largest absolute Gasteiger partial charge is 0.349 e. The number of alkyl halides is 2. The number of halogens is 3. The second kappa shape index (κ2) is 6.87. The number of aryl methyl sites for hydroxylation is 2. The van der Waals surface area contributed by atoms with Crippen molar-refractivity contribution in [2.45, 2.75) is 39.9 Å². The molecule has 6 nitrogen and oxygen atoms in total. The molecule has 0 bridgehead atoms. The molecule has 0 fully saturated rings. The average molecular weight is 332 g/mol. The topological polar surface area (TPSA) is 64.7 Å². The Morgan fingerprint density at radius 2 is 2.18 bits per heavy atom. The minimum absolute atomic E-state index is 0.134. The van der Waals surface area contributed by atoms with Crippen molar-refractivity contribution in [1.29, 1.82) is 0 Å². The number of carbonyl (C=O) groups excluding carboxylic acids is 1. The van der Waals surface area contributed by atoms with Gasteiger partial charge in [0.1, 0.15) is 17.9 Å². The van der Waals surface area contributed by atoms with Gasteiger partial charge >= 0.3 is 0 Å². The Labute approximate surface area is 131 Å². The van der Waals surface area contributed by atoms with Crippen molar-refractivity contribution in [1.82, 2.24) is 24.9 Å². The third-order valence-electron chi connectivity index (χ3n) is 3.08. The van der Waals surface area contributed by atoms with E-state index in [0.717, 1.165) is 0 Å². The summed E-state index contributed by atoms with van der Waals surface area (Å²) in [6, 6.07) is 1.26. The third kappa shape index (κ3) is 3.82. The average Bonchev–Trinajstić information content (AvgIpc) is 3.00. The molecule has 0 atom stereocenters. The Morgan fingerprint density at radius 3 is 2.73 bits per heavy atom. The van der Waals surface area contributed by atoms with Crippen LogP contribution in [-0.4, -0.2) is 25.5 Å². The highest BCUT2D eigenvalue weighted by molar-refractivity contribution is 6.31. The summed E-state index contributed by atoms with van der Waals surface area (Å²) in [6.07, 6.45) is -0.977. The van der Waals surface area contributed by atoms with Gasteiger partial charge in [0.15, 0.2) is 0 Å². The molecule has 0 unspecified atom stereocenters. The Morgan fingerprint density at radius 1 is 1.45 bits per heavy atom. The van der Waals surface area contributed by atoms with E-state index in [0.29, 0.717) is 23.0 Å². The molecule has 0 aliphatic rings. The van der Waals surface area contributed by atoms with E-state index in [1.165, 1.54) is 10.7 Å². The lowest BCUT2D eigenvalue weighted by Crippen LogP contribution is -2.28. The Kier molecular flexibility index (Phi) is 5.12. The van der Waals surface area contributed by atoms with Gasteiger partial charge in [-0.1, -0.05) is 11.6 Å². The standard InChI is InChI=1S/C13H16ClF2N5O/c1-3-20-6-9(14)11(18-20)5-17-12(22)7-21-8(2)4-10(19-21)13(15)16/h4,6,13H,3,5,7H2,1-2H3,(H,17,22). The molecule has 2 aromatic rings. The minimum Gasteiger partial charge on any atom is -0.349 e. The lowest BCUT2D eigenvalue weighted by molar-refractivity contribution is -0.122. The number of hydrogen-bond acceptors (Lipinski definition) is 3. The fourth-order valence-electron chi connectivity index (χ4n) is 1.90. The maximum Gasteiger partial charge on any atom is 0.282 e. The number of hydrogen-bond donors (Lipinski definition) is 1. The molecular formula is C13H16ClF2N5O. The van der Waals surface area contributed by atoms with Crippen LogP contribution in [0.4, 0.5) is 8.78 Å². The molecular weight excluding hydrogens is 316 g/mol. The lowest BCUT2D eigenvalue weighted by Gasteiger charge is -2.05. The highest BCUT2D eigenvalue weighted by Crippen LogP contribution is 2.18. The quantitative estimate of drug-likeness (QED) is 0.883. The van der Waals surface area contributed by atoms with Gasteiger partial charge in [0.05, 0.1) is 11.6 Å². The number of amides is 1. The Hall–Kier alpha value is -1.96. The smallest absolute Gasteiger partial charge is 0.282 e. The molecule has 0 aliphatic carbocycles. The van der Waals surface area contributed by atoms with E-state index in [2.05, 4.69) is 15.5 Å². The first-order valence-corrected chi connectivity index (χ1v) is 7.09. The summed E-state index contributed by atoms with van der Waals surface area (Å²) >= 11 is 6.00. The van der Waals surface area contributed by atoms with Gasteiger partial charge in [-0.3, -0.25) is 14.2 Å². The van der Waals surface area contributed by atoms with E-state index in [4.69, 9.17) is 11.6 Å². The van der Waals surface area contributed by atoms with Crippen LogP contribution in [-0.2, 0) is 24.4 Å². The fraction of sp³-hybridized carbons (Fsp3) is 0.462. The second-order valence-electron chi connectivity index (χ2n) is 4.73. The van der Waals surface area contributed by atoms with Gasteiger partial charge in [-0.2, -0.15) is 10.2 Å². The summed E-state index contributed by atoms with van der Waals surface area (Å²) in [4.78, 5) is 11.9. The normalized spacial score (nSPS) is 11.2. The van der Waals surface area contributed by atoms with Crippen molar-refractivity contribution >= 4 is 17.5 Å². The molecule has 9 heteroatoms. The summed E-state index contributed by atoms with van der Waals surface area (Å²) in [7, 11) is 0. The molecule has 0 radical (unpaired) electrons. The zero-order valence-corrected chi connectivity index (χ0v) is 12.9. The van der Waals surface area contributed by atoms with Gasteiger partial charge in [-0.15, -0.1) is 0 Å². The van der Waals surface area contributed by atoms with Crippen molar-refractivity contribution in [3.05, 3.63) is 34.4 Å². The number of aromatic nitrogens is 4. The molecule has 0 saturated carbocycles. The number of rotatable bonds is 6. The molecule has 0 aliphatic heterocycles. The molecule has 22 heavy (non-hydrogen) atoms. The Bertz CT molecular complexity index is 667. The molecule has 0 saturated heterocycles. The molecule has 0 aromatic carbocycles. The highest BCUT2D eigenvalue weighted by Gasteiger charge is 2.15. The highest BCUT2D eigenvalue weighted by atomic mass is 35.5. The van der Waals surface area contributed by atoms with Gasteiger partial charge in [0.2, 0.25) is 5.91 Å². The molecule has 2 heterocycles. The van der Waals surface area contributed by atoms with Gasteiger partial charge in [0.25, 0.3) is 6.43 Å². The zero-order valence-electron chi connectivity index (χ0n) is 12.2. The zero-order chi connectivity index (χ0) is 16.3. The maximum atomic E-state index is 12.5. The number of nitrogens with zero attached hydrogens (tertiary/aromatic N) is 4. The molecule has 0 spiro atoms. The van der Waals surface area contributed by atoms with Gasteiger partial charge in [0, 0.05) is 18.4 Å². The van der Waals surface area contributed by atoms with Crippen molar-refractivity contribution < 1.29 is 13.6 Å². The lowest BCUT2D eigenvalue weighted by atomic mass is 10.4. The van der Waals surface area contributed by atoms with Crippen molar-refractivity contribution in [2.24, 2.45) is 0 Å². The molecule has 2 rings (SSSR count). The minimum atomic E-state index is -2.65. The predicted molar refractivity (Wildman–Crippen MR) is 76.7 cm³/mol. The Balaban J connectivity index is 1.94. The van der Waals surface area contributed by atoms with Crippen LogP contribution in [0.1, 0.15) is 30.4 Å². The van der Waals surface area contributed by atoms with Gasteiger partial charge in [-0.05, 0) is 19.9 Å². The van der Waals surface area contributed by atoms with Crippen LogP contribution in [0.25, 0.3) is 0 Å². The van der Waals surface area contributed by atoms with Crippen LogP contribution in [0.2, 0.25) is 5.02 Å². The number of carbonyl (C=O) groups is 1. The predicted octanol–water partition coefficient (Wildman–Crippen LogP) is 2.32. The molecule has 1 N–H and O–H groups in total. The van der Waals surface area contributed by atoms with Gasteiger partial charge < -0.3 is 5.32 Å². The molecule has 1 amide bonds.